The van der Waals surface area contributed by atoms with Gasteiger partial charge in [-0.3, -0.25) is 9.59 Å². The molecule has 2 N–H and O–H groups in total. The fraction of sp³-hybridized carbons (Fsp3) is 0.750. The van der Waals surface area contributed by atoms with Crippen LogP contribution in [-0.2, 0) is 9.59 Å². The van der Waals surface area contributed by atoms with Gasteiger partial charge in [0.25, 0.3) is 0 Å². The molecule has 4 aliphatic rings. The van der Waals surface area contributed by atoms with E-state index < -0.39 is 27.9 Å². The highest BCUT2D eigenvalue weighted by Crippen LogP contribution is 2.76. The Labute approximate surface area is 168 Å². The summed E-state index contributed by atoms with van der Waals surface area (Å²) in [7, 11) is 0. The van der Waals surface area contributed by atoms with Gasteiger partial charge in [0.15, 0.2) is 11.6 Å². The summed E-state index contributed by atoms with van der Waals surface area (Å²) in [6, 6.07) is 0. The molecule has 3 saturated carbocycles. The van der Waals surface area contributed by atoms with E-state index in [2.05, 4.69) is 20.8 Å². The van der Waals surface area contributed by atoms with Gasteiger partial charge in [0.05, 0.1) is 6.10 Å². The lowest BCUT2D eigenvalue weighted by Gasteiger charge is -2.70. The number of hydrogen-bond donors (Lipinski definition) is 2. The predicted octanol–water partition coefficient (Wildman–Crippen LogP) is 3.76. The Morgan fingerprint density at radius 3 is 2.50 bits per heavy atom. The average molecular weight is 387 g/mol. The molecule has 0 aromatic rings. The lowest BCUT2D eigenvalue weighted by atomic mass is 9.34. The second-order valence-corrected chi connectivity index (χ2v) is 10.6. The van der Waals surface area contributed by atoms with Gasteiger partial charge in [0.2, 0.25) is 0 Å². The number of carbonyl (C=O) groups is 2. The summed E-state index contributed by atoms with van der Waals surface area (Å²) in [5.74, 6) is 0.0829. The van der Waals surface area contributed by atoms with Crippen LogP contribution in [0.4, 0.5) is 0 Å². The first-order valence-electron chi connectivity index (χ1n) is 10.8. The second kappa shape index (κ2) is 5.66. The molecular weight excluding hydrogens is 352 g/mol. The zero-order valence-corrected chi connectivity index (χ0v) is 17.8. The minimum atomic E-state index is -1.35. The van der Waals surface area contributed by atoms with Crippen LogP contribution in [0.15, 0.2) is 23.8 Å². The highest BCUT2D eigenvalue weighted by atomic mass is 16.3. The van der Waals surface area contributed by atoms with E-state index in [1.165, 1.54) is 0 Å². The molecule has 3 fully saturated rings. The Morgan fingerprint density at radius 1 is 1.18 bits per heavy atom. The van der Waals surface area contributed by atoms with Crippen molar-refractivity contribution in [3.63, 3.8) is 0 Å². The lowest BCUT2D eigenvalue weighted by Crippen LogP contribution is -2.70. The van der Waals surface area contributed by atoms with E-state index >= 15 is 0 Å². The van der Waals surface area contributed by atoms with E-state index in [1.54, 1.807) is 12.2 Å². The van der Waals surface area contributed by atoms with Crippen molar-refractivity contribution in [2.24, 2.45) is 27.6 Å². The van der Waals surface area contributed by atoms with Crippen LogP contribution in [0, 0.1) is 27.6 Å². The van der Waals surface area contributed by atoms with Crippen molar-refractivity contribution in [3.8, 4) is 0 Å². The fourth-order valence-electron chi connectivity index (χ4n) is 8.01. The molecule has 4 nitrogen and oxygen atoms in total. The van der Waals surface area contributed by atoms with Crippen molar-refractivity contribution in [1.29, 1.82) is 0 Å². The van der Waals surface area contributed by atoms with Crippen LogP contribution in [0.3, 0.4) is 0 Å². The Hall–Kier alpha value is -1.26. The van der Waals surface area contributed by atoms with E-state index in [0.717, 1.165) is 24.8 Å². The third-order valence-corrected chi connectivity index (χ3v) is 10.1. The first-order valence-corrected chi connectivity index (χ1v) is 10.8. The molecule has 0 aliphatic heterocycles. The molecule has 0 aromatic heterocycles. The van der Waals surface area contributed by atoms with Gasteiger partial charge in [0, 0.05) is 22.7 Å². The van der Waals surface area contributed by atoms with Crippen LogP contribution >= 0.6 is 0 Å². The highest BCUT2D eigenvalue weighted by Gasteiger charge is 2.75. The molecule has 154 valence electrons. The minimum absolute atomic E-state index is 0.0265. The van der Waals surface area contributed by atoms with Gasteiger partial charge in [-0.1, -0.05) is 46.3 Å². The molecule has 4 aliphatic carbocycles. The largest absolute Gasteiger partial charge is 0.392 e. The number of allylic oxidation sites excluding steroid dienone is 4. The molecule has 0 unspecified atom stereocenters. The number of aliphatic hydroxyl groups excluding tert-OH is 1. The Bertz CT molecular complexity index is 811. The van der Waals surface area contributed by atoms with Crippen LogP contribution in [0.1, 0.15) is 73.1 Å². The zero-order chi connectivity index (χ0) is 20.8. The number of ketones is 2. The summed E-state index contributed by atoms with van der Waals surface area (Å²) in [6.45, 7) is 10.4. The van der Waals surface area contributed by atoms with Crippen LogP contribution in [0.2, 0.25) is 0 Å². The van der Waals surface area contributed by atoms with Gasteiger partial charge in [-0.15, -0.1) is 0 Å². The maximum Gasteiger partial charge on any atom is 0.178 e. The highest BCUT2D eigenvalue weighted by molar-refractivity contribution is 6.01. The van der Waals surface area contributed by atoms with Crippen molar-refractivity contribution in [2.45, 2.75) is 84.8 Å². The summed E-state index contributed by atoms with van der Waals surface area (Å²) in [5.41, 5.74) is -1.97. The summed E-state index contributed by atoms with van der Waals surface area (Å²) >= 11 is 0. The maximum atomic E-state index is 12.8. The van der Waals surface area contributed by atoms with Gasteiger partial charge in [-0.2, -0.15) is 0 Å². The molecule has 4 rings (SSSR count). The third-order valence-electron chi connectivity index (χ3n) is 10.1. The molecule has 0 aromatic carbocycles. The molecule has 0 amide bonds. The standard InChI is InChI=1S/C24H34O4/c1-6-18(26)24(28)12-9-17-21(3)10-7-15-13-16(25)8-11-20(15,2)23(21,5)19(27)14-22(17,24)4/h8,11,13,17,19,27-28H,6-7,9-10,12,14H2,1-5H3/t17-,19-,20-,21-,22-,23+,24-/m0/s1. The smallest absolute Gasteiger partial charge is 0.178 e. The van der Waals surface area contributed by atoms with Gasteiger partial charge in [0.1, 0.15) is 5.60 Å². The summed E-state index contributed by atoms with van der Waals surface area (Å²) < 4.78 is 0. The van der Waals surface area contributed by atoms with Crippen LogP contribution in [0.5, 0.6) is 0 Å². The van der Waals surface area contributed by atoms with E-state index in [-0.39, 0.29) is 22.9 Å². The Morgan fingerprint density at radius 2 is 1.86 bits per heavy atom. The lowest BCUT2D eigenvalue weighted by molar-refractivity contribution is -0.242. The van der Waals surface area contributed by atoms with Gasteiger partial charge >= 0.3 is 0 Å². The first-order chi connectivity index (χ1) is 12.9. The normalized spacial score (nSPS) is 52.5. The first kappa shape index (κ1) is 20.0. The summed E-state index contributed by atoms with van der Waals surface area (Å²) in [4.78, 5) is 24.8. The Kier molecular flexibility index (Phi) is 4.05. The summed E-state index contributed by atoms with van der Waals surface area (Å²) in [6.07, 6.45) is 8.44. The quantitative estimate of drug-likeness (QED) is 0.758. The fourth-order valence-corrected chi connectivity index (χ4v) is 8.01. The monoisotopic (exact) mass is 386 g/mol. The van der Waals surface area contributed by atoms with Crippen molar-refractivity contribution in [2.75, 3.05) is 0 Å². The van der Waals surface area contributed by atoms with E-state index in [9.17, 15) is 19.8 Å². The number of Topliss-reactive ketones (excluding diaryl/α,β-unsaturated/α-hetero) is 1. The van der Waals surface area contributed by atoms with E-state index in [0.29, 0.717) is 19.3 Å². The van der Waals surface area contributed by atoms with Crippen LogP contribution in [-0.4, -0.2) is 33.5 Å². The minimum Gasteiger partial charge on any atom is -0.392 e. The topological polar surface area (TPSA) is 74.6 Å². The summed E-state index contributed by atoms with van der Waals surface area (Å²) in [5, 5.41) is 23.2. The number of aliphatic hydroxyl groups is 2. The molecule has 0 spiro atoms. The molecule has 0 radical (unpaired) electrons. The number of fused-ring (bicyclic) bond motifs is 5. The van der Waals surface area contributed by atoms with E-state index in [4.69, 9.17) is 0 Å². The number of rotatable bonds is 2. The molecule has 7 atom stereocenters. The molecule has 0 saturated heterocycles. The van der Waals surface area contributed by atoms with Crippen molar-refractivity contribution in [3.05, 3.63) is 23.8 Å². The second-order valence-electron chi connectivity index (χ2n) is 10.6. The van der Waals surface area contributed by atoms with E-state index in [1.807, 2.05) is 19.9 Å². The predicted molar refractivity (Wildman–Crippen MR) is 107 cm³/mol. The zero-order valence-electron chi connectivity index (χ0n) is 17.8. The maximum absolute atomic E-state index is 12.8. The number of hydrogen-bond acceptors (Lipinski definition) is 4. The van der Waals surface area contributed by atoms with Crippen LogP contribution < -0.4 is 0 Å². The molecule has 4 heteroatoms. The number of carbonyl (C=O) groups excluding carboxylic acids is 2. The SMILES string of the molecule is CCC(=O)[C@@]1(O)CC[C@H]2[C@]3(C)CCC4=CC(=O)C=C[C@]4(C)[C@@]3(C)[C@@H](O)C[C@@]21C. The average Bonchev–Trinajstić information content (AvgIpc) is 2.91. The molecule has 0 bridgehead atoms. The molecule has 28 heavy (non-hydrogen) atoms. The van der Waals surface area contributed by atoms with Crippen molar-refractivity contribution < 1.29 is 19.8 Å². The Balaban J connectivity index is 1.88. The molecular formula is C24H34O4. The molecule has 0 heterocycles. The van der Waals surface area contributed by atoms with Crippen molar-refractivity contribution in [1.82, 2.24) is 0 Å². The van der Waals surface area contributed by atoms with Gasteiger partial charge in [-0.05, 0) is 55.6 Å². The van der Waals surface area contributed by atoms with Crippen LogP contribution in [0.25, 0.3) is 0 Å². The van der Waals surface area contributed by atoms with Gasteiger partial charge in [-0.25, -0.2) is 0 Å². The third kappa shape index (κ3) is 1.94. The van der Waals surface area contributed by atoms with Crippen molar-refractivity contribution >= 4 is 11.6 Å². The van der Waals surface area contributed by atoms with Gasteiger partial charge < -0.3 is 10.2 Å².